The Balaban J connectivity index is 0.000000280. The fraction of sp³-hybridized carbons (Fsp3) is 0.333. The molecule has 0 saturated heterocycles. The number of aliphatic hydroxyl groups excluding tert-OH is 1. The van der Waals surface area contributed by atoms with Gasteiger partial charge in [-0.25, -0.2) is 0 Å². The van der Waals surface area contributed by atoms with Crippen molar-refractivity contribution in [3.63, 3.8) is 0 Å². The Hall–Kier alpha value is -2.72. The molecule has 9 nitrogen and oxygen atoms in total. The summed E-state index contributed by atoms with van der Waals surface area (Å²) in [6, 6.07) is 6.34. The van der Waals surface area contributed by atoms with Crippen LogP contribution in [0.4, 0.5) is 22.7 Å². The molecule has 0 fully saturated rings. The first kappa shape index (κ1) is 23.3. The molecule has 0 aliphatic rings. The highest BCUT2D eigenvalue weighted by Gasteiger charge is 2.18. The van der Waals surface area contributed by atoms with E-state index in [4.69, 9.17) is 5.11 Å². The van der Waals surface area contributed by atoms with E-state index in [0.29, 0.717) is 22.3 Å². The first-order valence-electron chi connectivity index (χ1n) is 8.29. The van der Waals surface area contributed by atoms with E-state index in [1.165, 1.54) is 12.1 Å². The molecule has 0 spiro atoms. The van der Waals surface area contributed by atoms with E-state index >= 15 is 0 Å². The predicted octanol–water partition coefficient (Wildman–Crippen LogP) is 4.28. The predicted molar refractivity (Wildman–Crippen MR) is 113 cm³/mol. The first-order valence-corrected chi connectivity index (χ1v) is 9.41. The Labute approximate surface area is 171 Å². The maximum atomic E-state index is 10.7. The number of hydrogen-bond donors (Lipinski definition) is 3. The lowest BCUT2D eigenvalue weighted by atomic mass is 10.1. The number of alkyl halides is 1. The van der Waals surface area contributed by atoms with Gasteiger partial charge in [-0.1, -0.05) is 28.1 Å². The van der Waals surface area contributed by atoms with Crippen molar-refractivity contribution in [2.75, 3.05) is 24.7 Å². The number of benzene rings is 2. The van der Waals surface area contributed by atoms with Crippen LogP contribution in [0, 0.1) is 34.1 Å². The van der Waals surface area contributed by atoms with Crippen LogP contribution in [0.3, 0.4) is 0 Å². The van der Waals surface area contributed by atoms with Gasteiger partial charge in [0, 0.05) is 37.1 Å². The Morgan fingerprint density at radius 1 is 0.893 bits per heavy atom. The molecule has 0 aliphatic heterocycles. The van der Waals surface area contributed by atoms with Crippen molar-refractivity contribution >= 4 is 38.7 Å². The van der Waals surface area contributed by atoms with Gasteiger partial charge in [-0.3, -0.25) is 20.2 Å². The van der Waals surface area contributed by atoms with Crippen molar-refractivity contribution in [2.24, 2.45) is 0 Å². The summed E-state index contributed by atoms with van der Waals surface area (Å²) in [5.74, 6) is 0. The lowest BCUT2D eigenvalue weighted by molar-refractivity contribution is -0.384. The third-order valence-corrected chi connectivity index (χ3v) is 4.80. The summed E-state index contributed by atoms with van der Waals surface area (Å²) in [4.78, 5) is 20.5. The van der Waals surface area contributed by atoms with Gasteiger partial charge in [0.25, 0.3) is 11.4 Å². The van der Waals surface area contributed by atoms with Crippen LogP contribution < -0.4 is 10.6 Å². The minimum atomic E-state index is -0.468. The van der Waals surface area contributed by atoms with Crippen LogP contribution in [-0.4, -0.2) is 29.0 Å². The molecule has 3 N–H and O–H groups in total. The molecule has 0 heterocycles. The summed E-state index contributed by atoms with van der Waals surface area (Å²) < 4.78 is 0. The number of nitro benzene ring substituents is 2. The Morgan fingerprint density at radius 3 is 1.61 bits per heavy atom. The summed E-state index contributed by atoms with van der Waals surface area (Å²) >= 11 is 3.32. The number of hydrogen-bond acceptors (Lipinski definition) is 7. The average Bonchev–Trinajstić information content (AvgIpc) is 2.66. The fourth-order valence-electron chi connectivity index (χ4n) is 2.72. The molecular weight excluding hydrogens is 432 g/mol. The van der Waals surface area contributed by atoms with E-state index in [-0.39, 0.29) is 22.9 Å². The van der Waals surface area contributed by atoms with E-state index in [1.54, 1.807) is 33.2 Å². The number of nitrogens with zero attached hydrogens (tertiary/aromatic N) is 2. The third kappa shape index (κ3) is 5.17. The number of nitrogens with one attached hydrogen (secondary N) is 2. The molecule has 10 heteroatoms. The van der Waals surface area contributed by atoms with Crippen molar-refractivity contribution in [3.8, 4) is 0 Å². The fourth-order valence-corrected chi connectivity index (χ4v) is 3.44. The molecule has 0 radical (unpaired) electrons. The second-order valence-corrected chi connectivity index (χ2v) is 6.38. The maximum absolute atomic E-state index is 10.7. The van der Waals surface area contributed by atoms with Crippen LogP contribution >= 0.6 is 15.9 Å². The van der Waals surface area contributed by atoms with Gasteiger partial charge in [0.05, 0.1) is 16.5 Å². The zero-order chi connectivity index (χ0) is 21.4. The molecular formula is C18H23BrN4O5. The summed E-state index contributed by atoms with van der Waals surface area (Å²) in [5.41, 5.74) is 4.46. The van der Waals surface area contributed by atoms with E-state index < -0.39 is 4.92 Å². The first-order chi connectivity index (χ1) is 13.2. The van der Waals surface area contributed by atoms with Gasteiger partial charge >= 0.3 is 0 Å². The minimum absolute atomic E-state index is 0.0119. The SMILES string of the molecule is CNc1c([N+](=O)[O-])ccc(C)c1CBr.CNc1c([N+](=O)[O-])ccc(C)c1CO. The van der Waals surface area contributed by atoms with Gasteiger partial charge in [0.2, 0.25) is 0 Å². The number of nitro groups is 2. The van der Waals surface area contributed by atoms with Crippen molar-refractivity contribution in [3.05, 3.63) is 66.7 Å². The highest BCUT2D eigenvalue weighted by Crippen LogP contribution is 2.32. The van der Waals surface area contributed by atoms with Crippen molar-refractivity contribution in [1.29, 1.82) is 0 Å². The maximum Gasteiger partial charge on any atom is 0.292 e. The number of aryl methyl sites for hydroxylation is 2. The van der Waals surface area contributed by atoms with Crippen LogP contribution in [0.15, 0.2) is 24.3 Å². The number of halogens is 1. The van der Waals surface area contributed by atoms with Crippen LogP contribution in [0.1, 0.15) is 22.3 Å². The van der Waals surface area contributed by atoms with Crippen molar-refractivity contribution in [1.82, 2.24) is 0 Å². The van der Waals surface area contributed by atoms with Crippen molar-refractivity contribution in [2.45, 2.75) is 25.8 Å². The quantitative estimate of drug-likeness (QED) is 0.337. The van der Waals surface area contributed by atoms with E-state index in [0.717, 1.165) is 16.7 Å². The number of anilines is 2. The summed E-state index contributed by atoms with van der Waals surface area (Å²) in [6.07, 6.45) is 0. The topological polar surface area (TPSA) is 131 Å². The average molecular weight is 455 g/mol. The van der Waals surface area contributed by atoms with Gasteiger partial charge in [-0.05, 0) is 30.5 Å². The second-order valence-electron chi connectivity index (χ2n) is 5.82. The van der Waals surface area contributed by atoms with E-state index in [9.17, 15) is 20.2 Å². The van der Waals surface area contributed by atoms with Gasteiger partial charge in [0.1, 0.15) is 11.4 Å². The zero-order valence-corrected chi connectivity index (χ0v) is 17.7. The monoisotopic (exact) mass is 454 g/mol. The molecule has 2 aromatic carbocycles. The normalized spacial score (nSPS) is 9.93. The molecule has 0 aromatic heterocycles. The van der Waals surface area contributed by atoms with Gasteiger partial charge in [-0.15, -0.1) is 0 Å². The van der Waals surface area contributed by atoms with E-state index in [1.807, 2.05) is 6.92 Å². The Kier molecular flexibility index (Phi) is 8.80. The molecule has 2 aromatic rings. The lowest BCUT2D eigenvalue weighted by Gasteiger charge is -2.09. The van der Waals surface area contributed by atoms with E-state index in [2.05, 4.69) is 26.6 Å². The number of aliphatic hydroxyl groups is 1. The molecule has 0 atom stereocenters. The van der Waals surface area contributed by atoms with Crippen LogP contribution in [0.2, 0.25) is 0 Å². The largest absolute Gasteiger partial charge is 0.392 e. The van der Waals surface area contributed by atoms with Crippen molar-refractivity contribution < 1.29 is 15.0 Å². The zero-order valence-electron chi connectivity index (χ0n) is 16.1. The molecule has 0 amide bonds. The molecule has 2 rings (SSSR count). The molecule has 152 valence electrons. The molecule has 0 unspecified atom stereocenters. The highest BCUT2D eigenvalue weighted by atomic mass is 79.9. The second kappa shape index (κ2) is 10.6. The molecule has 0 saturated carbocycles. The lowest BCUT2D eigenvalue weighted by Crippen LogP contribution is -2.02. The summed E-state index contributed by atoms with van der Waals surface area (Å²) in [6.45, 7) is 3.53. The molecule has 28 heavy (non-hydrogen) atoms. The van der Waals surface area contributed by atoms with Gasteiger partial charge in [0.15, 0.2) is 0 Å². The van der Waals surface area contributed by atoms with Gasteiger partial charge in [-0.2, -0.15) is 0 Å². The Bertz CT molecular complexity index is 802. The van der Waals surface area contributed by atoms with Crippen LogP contribution in [0.5, 0.6) is 0 Å². The minimum Gasteiger partial charge on any atom is -0.392 e. The number of rotatable bonds is 6. The standard InChI is InChI=1S/C9H11BrN2O2.C9H12N2O3/c1-6-3-4-8(12(13)14)9(11-2)7(6)5-10;1-6-3-4-8(11(13)14)9(10-2)7(6)5-12/h3-4,11H,5H2,1-2H3;3-4,10,12H,5H2,1-2H3. The van der Waals surface area contributed by atoms with Gasteiger partial charge < -0.3 is 15.7 Å². The summed E-state index contributed by atoms with van der Waals surface area (Å²) in [7, 11) is 3.29. The smallest absolute Gasteiger partial charge is 0.292 e. The van der Waals surface area contributed by atoms with Crippen LogP contribution in [-0.2, 0) is 11.9 Å². The molecule has 0 bridgehead atoms. The highest BCUT2D eigenvalue weighted by molar-refractivity contribution is 9.08. The van der Waals surface area contributed by atoms with Crippen LogP contribution in [0.25, 0.3) is 0 Å². The Morgan fingerprint density at radius 2 is 1.29 bits per heavy atom. The summed E-state index contributed by atoms with van der Waals surface area (Å²) in [5, 5.41) is 36.6. The third-order valence-electron chi connectivity index (χ3n) is 4.24. The molecule has 0 aliphatic carbocycles.